The zero-order valence-corrected chi connectivity index (χ0v) is 14.1. The van der Waals surface area contributed by atoms with Gasteiger partial charge in [-0.15, -0.1) is 0 Å². The van der Waals surface area contributed by atoms with Crippen LogP contribution in [0.5, 0.6) is 0 Å². The second kappa shape index (κ2) is 6.30. The highest BCUT2D eigenvalue weighted by Crippen LogP contribution is 2.34. The molecule has 1 N–H and O–H groups in total. The van der Waals surface area contributed by atoms with Crippen molar-refractivity contribution in [1.29, 1.82) is 0 Å². The van der Waals surface area contributed by atoms with Gasteiger partial charge in [-0.05, 0) is 37.0 Å². The number of aromatic carboxylic acids is 1. The van der Waals surface area contributed by atoms with Gasteiger partial charge in [-0.2, -0.15) is 0 Å². The fraction of sp³-hybridized carbons (Fsp3) is 0.556. The van der Waals surface area contributed by atoms with E-state index in [0.29, 0.717) is 18.7 Å². The molecule has 1 fully saturated rings. The Bertz CT molecular complexity index is 634. The van der Waals surface area contributed by atoms with Crippen LogP contribution >= 0.6 is 0 Å². The Balaban J connectivity index is 2.34. The number of carboxylic acid groups (broad SMARTS) is 1. The maximum absolute atomic E-state index is 14.6. The Labute approximate surface area is 136 Å². The molecule has 4 nitrogen and oxygen atoms in total. The number of carbonyl (C=O) groups excluding carboxylic acids is 1. The van der Waals surface area contributed by atoms with Gasteiger partial charge in [0.05, 0.1) is 5.56 Å². The minimum Gasteiger partial charge on any atom is -0.478 e. The highest BCUT2D eigenvalue weighted by Gasteiger charge is 2.33. The SMILES string of the molecule is Cc1ccc(C(=O)O)c(F)c1[C@@H]1CCCN(C(=O)C(C)(C)C)C1. The smallest absolute Gasteiger partial charge is 0.338 e. The number of amides is 1. The van der Waals surface area contributed by atoms with Crippen molar-refractivity contribution in [2.75, 3.05) is 13.1 Å². The first-order chi connectivity index (χ1) is 10.6. The normalized spacial score (nSPS) is 18.8. The van der Waals surface area contributed by atoms with Gasteiger partial charge in [0, 0.05) is 24.4 Å². The summed E-state index contributed by atoms with van der Waals surface area (Å²) in [6.45, 7) is 8.51. The van der Waals surface area contributed by atoms with E-state index in [1.54, 1.807) is 17.9 Å². The molecule has 1 atom stereocenters. The molecule has 0 aliphatic carbocycles. The van der Waals surface area contributed by atoms with Crippen LogP contribution in [0.2, 0.25) is 0 Å². The zero-order valence-electron chi connectivity index (χ0n) is 14.1. The molecule has 0 bridgehead atoms. The molecule has 0 unspecified atom stereocenters. The third kappa shape index (κ3) is 3.54. The minimum absolute atomic E-state index is 0.0506. The van der Waals surface area contributed by atoms with E-state index < -0.39 is 17.2 Å². The third-order valence-electron chi connectivity index (χ3n) is 4.39. The van der Waals surface area contributed by atoms with Gasteiger partial charge in [0.1, 0.15) is 5.82 Å². The molecule has 23 heavy (non-hydrogen) atoms. The first-order valence-electron chi connectivity index (χ1n) is 7.94. The molecule has 1 amide bonds. The Morgan fingerprint density at radius 1 is 1.30 bits per heavy atom. The van der Waals surface area contributed by atoms with Gasteiger partial charge in [-0.3, -0.25) is 4.79 Å². The lowest BCUT2D eigenvalue weighted by Gasteiger charge is -2.37. The molecule has 1 aromatic rings. The van der Waals surface area contributed by atoms with Crippen LogP contribution < -0.4 is 0 Å². The molecule has 0 spiro atoms. The molecule has 0 radical (unpaired) electrons. The van der Waals surface area contributed by atoms with Crippen LogP contribution in [0, 0.1) is 18.2 Å². The largest absolute Gasteiger partial charge is 0.478 e. The first-order valence-corrected chi connectivity index (χ1v) is 7.94. The number of halogens is 1. The highest BCUT2D eigenvalue weighted by molar-refractivity contribution is 5.88. The molecular weight excluding hydrogens is 297 g/mol. The molecule has 0 aromatic heterocycles. The van der Waals surface area contributed by atoms with Gasteiger partial charge < -0.3 is 10.0 Å². The van der Waals surface area contributed by atoms with Gasteiger partial charge in [-0.1, -0.05) is 26.8 Å². The topological polar surface area (TPSA) is 57.6 Å². The Kier molecular flexibility index (Phi) is 4.78. The Morgan fingerprint density at radius 2 is 1.96 bits per heavy atom. The Morgan fingerprint density at radius 3 is 2.52 bits per heavy atom. The van der Waals surface area contributed by atoms with E-state index in [2.05, 4.69) is 0 Å². The lowest BCUT2D eigenvalue weighted by atomic mass is 9.85. The number of likely N-dealkylation sites (tertiary alicyclic amines) is 1. The lowest BCUT2D eigenvalue weighted by Crippen LogP contribution is -2.44. The fourth-order valence-corrected chi connectivity index (χ4v) is 3.23. The number of aryl methyl sites for hydroxylation is 1. The molecular formula is C18H24FNO3. The van der Waals surface area contributed by atoms with Crippen LogP contribution in [0.4, 0.5) is 4.39 Å². The van der Waals surface area contributed by atoms with Gasteiger partial charge >= 0.3 is 5.97 Å². The van der Waals surface area contributed by atoms with E-state index in [-0.39, 0.29) is 17.4 Å². The third-order valence-corrected chi connectivity index (χ3v) is 4.39. The number of hydrogen-bond donors (Lipinski definition) is 1. The molecule has 1 aliphatic heterocycles. The maximum atomic E-state index is 14.6. The Hall–Kier alpha value is -1.91. The number of carbonyl (C=O) groups is 2. The second-order valence-corrected chi connectivity index (χ2v) is 7.30. The van der Waals surface area contributed by atoms with Gasteiger partial charge in [0.25, 0.3) is 0 Å². The van der Waals surface area contributed by atoms with Crippen molar-refractivity contribution in [2.24, 2.45) is 5.41 Å². The molecule has 1 saturated heterocycles. The summed E-state index contributed by atoms with van der Waals surface area (Å²) >= 11 is 0. The van der Waals surface area contributed by atoms with E-state index >= 15 is 0 Å². The molecule has 0 saturated carbocycles. The number of benzene rings is 1. The van der Waals surface area contributed by atoms with E-state index in [1.165, 1.54) is 6.07 Å². The van der Waals surface area contributed by atoms with Gasteiger partial charge in [-0.25, -0.2) is 9.18 Å². The summed E-state index contributed by atoms with van der Waals surface area (Å²) in [4.78, 5) is 25.4. The van der Waals surface area contributed by atoms with E-state index in [4.69, 9.17) is 5.11 Å². The summed E-state index contributed by atoms with van der Waals surface area (Å²) in [5.74, 6) is -2.03. The molecule has 1 heterocycles. The maximum Gasteiger partial charge on any atom is 0.338 e. The summed E-state index contributed by atoms with van der Waals surface area (Å²) in [6.07, 6.45) is 1.55. The summed E-state index contributed by atoms with van der Waals surface area (Å²) < 4.78 is 14.6. The standard InChI is InChI=1S/C18H24FNO3/c1-11-7-8-13(16(21)22)15(19)14(11)12-6-5-9-20(10-12)17(23)18(2,3)4/h7-8,12H,5-6,9-10H2,1-4H3,(H,21,22)/t12-/m1/s1. The van der Waals surface area contributed by atoms with Crippen LogP contribution in [0.1, 0.15) is 61.0 Å². The lowest BCUT2D eigenvalue weighted by molar-refractivity contribution is -0.140. The second-order valence-electron chi connectivity index (χ2n) is 7.30. The van der Waals surface area contributed by atoms with E-state index in [0.717, 1.165) is 18.4 Å². The molecule has 1 aliphatic rings. The van der Waals surface area contributed by atoms with Crippen molar-refractivity contribution in [3.8, 4) is 0 Å². The number of carboxylic acids is 1. The van der Waals surface area contributed by atoms with Crippen molar-refractivity contribution < 1.29 is 19.1 Å². The predicted molar refractivity (Wildman–Crippen MR) is 86.1 cm³/mol. The summed E-state index contributed by atoms with van der Waals surface area (Å²) in [5.41, 5.74) is 0.405. The number of hydrogen-bond acceptors (Lipinski definition) is 2. The van der Waals surface area contributed by atoms with Crippen molar-refractivity contribution in [2.45, 2.75) is 46.5 Å². The van der Waals surface area contributed by atoms with Crippen LogP contribution in [-0.2, 0) is 4.79 Å². The van der Waals surface area contributed by atoms with E-state index in [9.17, 15) is 14.0 Å². The summed E-state index contributed by atoms with van der Waals surface area (Å²) in [5, 5.41) is 9.12. The van der Waals surface area contributed by atoms with Crippen LogP contribution in [-0.4, -0.2) is 35.0 Å². The predicted octanol–water partition coefficient (Wildman–Crippen LogP) is 3.58. The molecule has 1 aromatic carbocycles. The highest BCUT2D eigenvalue weighted by atomic mass is 19.1. The molecule has 2 rings (SSSR count). The van der Waals surface area contributed by atoms with Crippen LogP contribution in [0.15, 0.2) is 12.1 Å². The van der Waals surface area contributed by atoms with Crippen molar-refractivity contribution >= 4 is 11.9 Å². The van der Waals surface area contributed by atoms with Crippen LogP contribution in [0.25, 0.3) is 0 Å². The van der Waals surface area contributed by atoms with Crippen molar-refractivity contribution in [1.82, 2.24) is 4.90 Å². The van der Waals surface area contributed by atoms with Gasteiger partial charge in [0.15, 0.2) is 0 Å². The van der Waals surface area contributed by atoms with Crippen molar-refractivity contribution in [3.63, 3.8) is 0 Å². The zero-order chi connectivity index (χ0) is 17.4. The van der Waals surface area contributed by atoms with E-state index in [1.807, 2.05) is 20.8 Å². The van der Waals surface area contributed by atoms with Crippen molar-refractivity contribution in [3.05, 3.63) is 34.6 Å². The van der Waals surface area contributed by atoms with Crippen LogP contribution in [0.3, 0.4) is 0 Å². The number of nitrogens with zero attached hydrogens (tertiary/aromatic N) is 1. The summed E-state index contributed by atoms with van der Waals surface area (Å²) in [6, 6.07) is 2.95. The molecule has 5 heteroatoms. The number of rotatable bonds is 2. The average Bonchev–Trinajstić information content (AvgIpc) is 2.45. The summed E-state index contributed by atoms with van der Waals surface area (Å²) in [7, 11) is 0. The minimum atomic E-state index is -1.26. The number of piperidine rings is 1. The monoisotopic (exact) mass is 321 g/mol. The molecule has 126 valence electrons. The quantitative estimate of drug-likeness (QED) is 0.905. The average molecular weight is 321 g/mol. The fourth-order valence-electron chi connectivity index (χ4n) is 3.23. The first kappa shape index (κ1) is 17.4. The van der Waals surface area contributed by atoms with Gasteiger partial charge in [0.2, 0.25) is 5.91 Å².